The highest BCUT2D eigenvalue weighted by molar-refractivity contribution is 6.22. The number of anilines is 1. The van der Waals surface area contributed by atoms with Crippen LogP contribution in [0.2, 0.25) is 0 Å². The van der Waals surface area contributed by atoms with Crippen LogP contribution in [0.3, 0.4) is 0 Å². The third kappa shape index (κ3) is 3.26. The first kappa shape index (κ1) is 17.1. The van der Waals surface area contributed by atoms with Gasteiger partial charge in [-0.15, -0.1) is 0 Å². The molecule has 2 atom stereocenters. The van der Waals surface area contributed by atoms with Gasteiger partial charge in [0.15, 0.2) is 0 Å². The maximum absolute atomic E-state index is 12.6. The average molecular weight is 361 g/mol. The van der Waals surface area contributed by atoms with E-state index in [2.05, 4.69) is 10.3 Å². The van der Waals surface area contributed by atoms with Crippen molar-refractivity contribution in [2.24, 2.45) is 11.8 Å². The topological polar surface area (TPSA) is 79.4 Å². The van der Waals surface area contributed by atoms with E-state index in [4.69, 9.17) is 0 Å². The minimum Gasteiger partial charge on any atom is -0.348 e. The van der Waals surface area contributed by atoms with Crippen molar-refractivity contribution in [3.63, 3.8) is 0 Å². The SMILES string of the molecule is O=C(NCc1cccnc1)c1ccc(N2C(=O)C3CC=CCC3C2=O)cc1. The lowest BCUT2D eigenvalue weighted by atomic mass is 9.85. The van der Waals surface area contributed by atoms with Gasteiger partial charge in [0.05, 0.1) is 17.5 Å². The number of carbonyl (C=O) groups is 3. The van der Waals surface area contributed by atoms with Crippen molar-refractivity contribution in [1.29, 1.82) is 0 Å². The summed E-state index contributed by atoms with van der Waals surface area (Å²) in [5.41, 5.74) is 1.90. The Kier molecular flexibility index (Phi) is 4.54. The van der Waals surface area contributed by atoms with Crippen LogP contribution in [0.5, 0.6) is 0 Å². The number of benzene rings is 1. The predicted octanol–water partition coefficient (Wildman–Crippen LogP) is 2.47. The number of hydrogen-bond acceptors (Lipinski definition) is 4. The third-order valence-corrected chi connectivity index (χ3v) is 5.07. The van der Waals surface area contributed by atoms with E-state index in [-0.39, 0.29) is 29.6 Å². The summed E-state index contributed by atoms with van der Waals surface area (Å²) in [4.78, 5) is 42.8. The number of imide groups is 1. The summed E-state index contributed by atoms with van der Waals surface area (Å²) >= 11 is 0. The number of carbonyl (C=O) groups excluding carboxylic acids is 3. The molecule has 1 fully saturated rings. The second kappa shape index (κ2) is 7.15. The minimum absolute atomic E-state index is 0.150. The molecule has 4 rings (SSSR count). The molecule has 6 nitrogen and oxygen atoms in total. The van der Waals surface area contributed by atoms with E-state index in [9.17, 15) is 14.4 Å². The zero-order chi connectivity index (χ0) is 18.8. The molecule has 1 aromatic carbocycles. The van der Waals surface area contributed by atoms with Gasteiger partial charge in [0.1, 0.15) is 0 Å². The number of hydrogen-bond donors (Lipinski definition) is 1. The maximum Gasteiger partial charge on any atom is 0.251 e. The maximum atomic E-state index is 12.6. The van der Waals surface area contributed by atoms with E-state index in [1.165, 1.54) is 4.90 Å². The molecule has 0 radical (unpaired) electrons. The van der Waals surface area contributed by atoms with Crippen LogP contribution in [-0.2, 0) is 16.1 Å². The van der Waals surface area contributed by atoms with Gasteiger partial charge in [-0.05, 0) is 48.7 Å². The lowest BCUT2D eigenvalue weighted by Crippen LogP contribution is -2.31. The van der Waals surface area contributed by atoms with E-state index in [0.29, 0.717) is 30.6 Å². The largest absolute Gasteiger partial charge is 0.348 e. The first-order valence-electron chi connectivity index (χ1n) is 8.95. The lowest BCUT2D eigenvalue weighted by Gasteiger charge is -2.15. The molecule has 2 aliphatic rings. The van der Waals surface area contributed by atoms with Gasteiger partial charge in [-0.1, -0.05) is 18.2 Å². The highest BCUT2D eigenvalue weighted by atomic mass is 16.2. The highest BCUT2D eigenvalue weighted by Crippen LogP contribution is 2.37. The summed E-state index contributed by atoms with van der Waals surface area (Å²) in [5.74, 6) is -1.04. The van der Waals surface area contributed by atoms with Crippen LogP contribution in [0.4, 0.5) is 5.69 Å². The first-order chi connectivity index (χ1) is 13.1. The summed E-state index contributed by atoms with van der Waals surface area (Å²) < 4.78 is 0. The molecule has 0 bridgehead atoms. The zero-order valence-corrected chi connectivity index (χ0v) is 14.7. The van der Waals surface area contributed by atoms with Crippen molar-refractivity contribution in [1.82, 2.24) is 10.3 Å². The molecule has 3 amide bonds. The quantitative estimate of drug-likeness (QED) is 0.670. The Morgan fingerprint density at radius 2 is 1.70 bits per heavy atom. The number of aromatic nitrogens is 1. The fraction of sp³-hybridized carbons (Fsp3) is 0.238. The Morgan fingerprint density at radius 3 is 2.30 bits per heavy atom. The van der Waals surface area contributed by atoms with Crippen LogP contribution in [0.15, 0.2) is 60.9 Å². The Bertz CT molecular complexity index is 880. The molecule has 1 N–H and O–H groups in total. The van der Waals surface area contributed by atoms with Crippen LogP contribution in [0, 0.1) is 11.8 Å². The van der Waals surface area contributed by atoms with Crippen LogP contribution in [0.1, 0.15) is 28.8 Å². The Labute approximate surface area is 156 Å². The zero-order valence-electron chi connectivity index (χ0n) is 14.7. The van der Waals surface area contributed by atoms with Crippen molar-refractivity contribution in [3.8, 4) is 0 Å². The second-order valence-corrected chi connectivity index (χ2v) is 6.76. The predicted molar refractivity (Wildman–Crippen MR) is 99.7 cm³/mol. The number of nitrogens with one attached hydrogen (secondary N) is 1. The van der Waals surface area contributed by atoms with Crippen LogP contribution < -0.4 is 10.2 Å². The highest BCUT2D eigenvalue weighted by Gasteiger charge is 2.47. The lowest BCUT2D eigenvalue weighted by molar-refractivity contribution is -0.122. The number of rotatable bonds is 4. The molecule has 27 heavy (non-hydrogen) atoms. The van der Waals surface area contributed by atoms with Gasteiger partial charge >= 0.3 is 0 Å². The molecule has 1 saturated heterocycles. The van der Waals surface area contributed by atoms with Crippen molar-refractivity contribution >= 4 is 23.4 Å². The van der Waals surface area contributed by atoms with Crippen LogP contribution in [-0.4, -0.2) is 22.7 Å². The van der Waals surface area contributed by atoms with Crippen molar-refractivity contribution in [2.45, 2.75) is 19.4 Å². The van der Waals surface area contributed by atoms with Gasteiger partial charge in [-0.2, -0.15) is 0 Å². The number of pyridine rings is 1. The molecule has 1 aromatic heterocycles. The molecule has 0 spiro atoms. The van der Waals surface area contributed by atoms with E-state index in [1.54, 1.807) is 36.7 Å². The summed E-state index contributed by atoms with van der Waals surface area (Å²) in [5, 5.41) is 2.83. The summed E-state index contributed by atoms with van der Waals surface area (Å²) in [6.07, 6.45) is 8.53. The molecule has 0 saturated carbocycles. The standard InChI is InChI=1S/C21H19N3O3/c25-19(23-13-14-4-3-11-22-12-14)15-7-9-16(10-8-15)24-20(26)17-5-1-2-6-18(17)21(24)27/h1-4,7-12,17-18H,5-6,13H2,(H,23,25). The fourth-order valence-electron chi connectivity index (χ4n) is 3.60. The summed E-state index contributed by atoms with van der Waals surface area (Å²) in [7, 11) is 0. The normalized spacial score (nSPS) is 21.3. The fourth-order valence-corrected chi connectivity index (χ4v) is 3.60. The van der Waals surface area contributed by atoms with E-state index >= 15 is 0 Å². The number of nitrogens with zero attached hydrogens (tertiary/aromatic N) is 2. The first-order valence-corrected chi connectivity index (χ1v) is 8.95. The monoisotopic (exact) mass is 361 g/mol. The average Bonchev–Trinajstić information content (AvgIpc) is 2.98. The summed E-state index contributed by atoms with van der Waals surface area (Å²) in [6.45, 7) is 0.383. The Hall–Kier alpha value is -3.28. The third-order valence-electron chi connectivity index (χ3n) is 5.07. The van der Waals surface area contributed by atoms with Crippen molar-refractivity contribution in [3.05, 3.63) is 72.1 Å². The summed E-state index contributed by atoms with van der Waals surface area (Å²) in [6, 6.07) is 10.3. The van der Waals surface area contributed by atoms with Gasteiger partial charge < -0.3 is 5.32 Å². The van der Waals surface area contributed by atoms with Crippen molar-refractivity contribution in [2.75, 3.05) is 4.90 Å². The molecule has 2 heterocycles. The van der Waals surface area contributed by atoms with Gasteiger partial charge in [0.2, 0.25) is 11.8 Å². The molecule has 1 aliphatic carbocycles. The Balaban J connectivity index is 1.45. The van der Waals surface area contributed by atoms with E-state index in [0.717, 1.165) is 5.56 Å². The van der Waals surface area contributed by atoms with E-state index in [1.807, 2.05) is 24.3 Å². The molecule has 2 unspecified atom stereocenters. The van der Waals surface area contributed by atoms with Crippen LogP contribution >= 0.6 is 0 Å². The molecule has 1 aliphatic heterocycles. The molecular weight excluding hydrogens is 342 g/mol. The molecule has 136 valence electrons. The number of allylic oxidation sites excluding steroid dienone is 2. The number of amides is 3. The molecule has 6 heteroatoms. The minimum atomic E-state index is -0.259. The van der Waals surface area contributed by atoms with Gasteiger partial charge in [-0.25, -0.2) is 0 Å². The second-order valence-electron chi connectivity index (χ2n) is 6.76. The van der Waals surface area contributed by atoms with Crippen molar-refractivity contribution < 1.29 is 14.4 Å². The molecule has 2 aromatic rings. The van der Waals surface area contributed by atoms with Gasteiger partial charge in [-0.3, -0.25) is 24.3 Å². The van der Waals surface area contributed by atoms with Gasteiger partial charge in [0, 0.05) is 24.5 Å². The number of fused-ring (bicyclic) bond motifs is 1. The van der Waals surface area contributed by atoms with E-state index < -0.39 is 0 Å². The molecular formula is C21H19N3O3. The smallest absolute Gasteiger partial charge is 0.251 e. The van der Waals surface area contributed by atoms with Gasteiger partial charge in [0.25, 0.3) is 5.91 Å². The van der Waals surface area contributed by atoms with Crippen LogP contribution in [0.25, 0.3) is 0 Å². The Morgan fingerprint density at radius 1 is 1.04 bits per heavy atom.